The van der Waals surface area contributed by atoms with Crippen LogP contribution < -0.4 is 5.32 Å². The number of hydrogen-bond donors (Lipinski definition) is 1. The van der Waals surface area contributed by atoms with Gasteiger partial charge in [0.2, 0.25) is 5.91 Å². The molecule has 2 fully saturated rings. The number of rotatable bonds is 5. The molecule has 2 atom stereocenters. The van der Waals surface area contributed by atoms with Crippen LogP contribution in [0.15, 0.2) is 0 Å². The number of nitrogens with one attached hydrogen (secondary N) is 1. The Kier molecular flexibility index (Phi) is 7.92. The number of nitrogens with zero attached hydrogens (tertiary/aromatic N) is 2. The van der Waals surface area contributed by atoms with Gasteiger partial charge in [0, 0.05) is 38.6 Å². The van der Waals surface area contributed by atoms with E-state index in [-0.39, 0.29) is 29.9 Å². The zero-order valence-electron chi connectivity index (χ0n) is 17.2. The van der Waals surface area contributed by atoms with E-state index in [1.165, 1.54) is 7.11 Å². The number of ether oxygens (including phenoxy) is 1. The third kappa shape index (κ3) is 5.84. The van der Waals surface area contributed by atoms with Crippen LogP contribution >= 0.6 is 0 Å². The Morgan fingerprint density at radius 3 is 2.22 bits per heavy atom. The molecule has 2 aliphatic heterocycles. The number of amides is 3. The fourth-order valence-corrected chi connectivity index (χ4v) is 4.22. The van der Waals surface area contributed by atoms with Gasteiger partial charge in [-0.2, -0.15) is 0 Å². The molecule has 154 valence electrons. The summed E-state index contributed by atoms with van der Waals surface area (Å²) >= 11 is 0. The Bertz CT molecular complexity index is 529. The molecule has 7 nitrogen and oxygen atoms in total. The van der Waals surface area contributed by atoms with Crippen molar-refractivity contribution in [2.45, 2.75) is 58.9 Å². The van der Waals surface area contributed by atoms with Crippen LogP contribution in [0, 0.1) is 17.8 Å². The third-order valence-corrected chi connectivity index (χ3v) is 5.93. The predicted octanol–water partition coefficient (Wildman–Crippen LogP) is 2.25. The fourth-order valence-electron chi connectivity index (χ4n) is 4.22. The van der Waals surface area contributed by atoms with E-state index < -0.39 is 0 Å². The molecule has 3 amide bonds. The Labute approximate surface area is 162 Å². The maximum atomic E-state index is 12.8. The van der Waals surface area contributed by atoms with Crippen molar-refractivity contribution in [2.75, 3.05) is 33.3 Å². The quantitative estimate of drug-likeness (QED) is 0.741. The third-order valence-electron chi connectivity index (χ3n) is 5.93. The van der Waals surface area contributed by atoms with Crippen LogP contribution in [0.5, 0.6) is 0 Å². The lowest BCUT2D eigenvalue weighted by Gasteiger charge is -2.39. The van der Waals surface area contributed by atoms with Crippen LogP contribution in [0.3, 0.4) is 0 Å². The minimum absolute atomic E-state index is 0.00175. The van der Waals surface area contributed by atoms with Crippen molar-refractivity contribution in [3.8, 4) is 0 Å². The zero-order chi connectivity index (χ0) is 20.0. The molecule has 0 spiro atoms. The van der Waals surface area contributed by atoms with Crippen LogP contribution in [-0.4, -0.2) is 67.0 Å². The largest absolute Gasteiger partial charge is 0.469 e. The number of carbonyl (C=O) groups is 3. The van der Waals surface area contributed by atoms with Crippen LogP contribution in [-0.2, 0) is 14.3 Å². The monoisotopic (exact) mass is 381 g/mol. The Balaban J connectivity index is 1.84. The summed E-state index contributed by atoms with van der Waals surface area (Å²) in [6.07, 6.45) is 3.75. The molecule has 0 aromatic carbocycles. The molecule has 2 aliphatic rings. The van der Waals surface area contributed by atoms with Gasteiger partial charge in [-0.3, -0.25) is 9.59 Å². The number of hydrogen-bond acceptors (Lipinski definition) is 4. The van der Waals surface area contributed by atoms with E-state index in [9.17, 15) is 14.4 Å². The Hall–Kier alpha value is -1.79. The summed E-state index contributed by atoms with van der Waals surface area (Å²) in [4.78, 5) is 40.4. The number of methoxy groups -OCH3 is 1. The summed E-state index contributed by atoms with van der Waals surface area (Å²) in [5, 5.41) is 2.96. The van der Waals surface area contributed by atoms with E-state index in [0.717, 1.165) is 19.4 Å². The summed E-state index contributed by atoms with van der Waals surface area (Å²) in [6, 6.07) is 0.128. The molecule has 1 N–H and O–H groups in total. The zero-order valence-corrected chi connectivity index (χ0v) is 17.2. The minimum atomic E-state index is -0.166. The van der Waals surface area contributed by atoms with Crippen molar-refractivity contribution >= 4 is 17.9 Å². The molecular formula is C20H35N3O4. The standard InChI is InChI=1S/C20H35N3O4/c1-5-15-13-23(20(26)21-14(2)3)11-8-17(15)12-18(24)22-9-6-16(7-10-22)19(25)27-4/h14-17H,5-13H2,1-4H3,(H,21,26)/t15-,17-/m0/s1. The highest BCUT2D eigenvalue weighted by Gasteiger charge is 2.34. The molecule has 2 rings (SSSR count). The molecule has 0 bridgehead atoms. The smallest absolute Gasteiger partial charge is 0.317 e. The van der Waals surface area contributed by atoms with Gasteiger partial charge in [0.1, 0.15) is 0 Å². The normalized spacial score (nSPS) is 24.0. The van der Waals surface area contributed by atoms with E-state index in [1.807, 2.05) is 23.6 Å². The van der Waals surface area contributed by atoms with Crippen molar-refractivity contribution in [1.82, 2.24) is 15.1 Å². The van der Waals surface area contributed by atoms with Crippen molar-refractivity contribution in [3.63, 3.8) is 0 Å². The van der Waals surface area contributed by atoms with Gasteiger partial charge >= 0.3 is 12.0 Å². The van der Waals surface area contributed by atoms with Gasteiger partial charge in [-0.1, -0.05) is 13.3 Å². The lowest BCUT2D eigenvalue weighted by molar-refractivity contribution is -0.149. The molecule has 27 heavy (non-hydrogen) atoms. The van der Waals surface area contributed by atoms with E-state index in [4.69, 9.17) is 4.74 Å². The highest BCUT2D eigenvalue weighted by atomic mass is 16.5. The number of carbonyl (C=O) groups excluding carboxylic acids is 3. The van der Waals surface area contributed by atoms with Gasteiger partial charge in [-0.15, -0.1) is 0 Å². The van der Waals surface area contributed by atoms with Gasteiger partial charge in [0.15, 0.2) is 0 Å². The van der Waals surface area contributed by atoms with Crippen molar-refractivity contribution in [2.24, 2.45) is 17.8 Å². The maximum absolute atomic E-state index is 12.8. The Morgan fingerprint density at radius 1 is 1.04 bits per heavy atom. The van der Waals surface area contributed by atoms with Gasteiger partial charge in [0.25, 0.3) is 0 Å². The van der Waals surface area contributed by atoms with Gasteiger partial charge in [-0.25, -0.2) is 4.79 Å². The van der Waals surface area contributed by atoms with Crippen LogP contribution in [0.1, 0.15) is 52.9 Å². The number of urea groups is 1. The Morgan fingerprint density at radius 2 is 1.67 bits per heavy atom. The van der Waals surface area contributed by atoms with E-state index in [1.54, 1.807) is 0 Å². The second-order valence-corrected chi connectivity index (χ2v) is 8.15. The van der Waals surface area contributed by atoms with Crippen LogP contribution in [0.25, 0.3) is 0 Å². The second-order valence-electron chi connectivity index (χ2n) is 8.15. The molecule has 0 aromatic rings. The van der Waals surface area contributed by atoms with E-state index in [0.29, 0.717) is 50.7 Å². The van der Waals surface area contributed by atoms with Gasteiger partial charge in [0.05, 0.1) is 13.0 Å². The maximum Gasteiger partial charge on any atom is 0.317 e. The number of esters is 1. The summed E-state index contributed by atoms with van der Waals surface area (Å²) in [5.41, 5.74) is 0. The van der Waals surface area contributed by atoms with E-state index >= 15 is 0 Å². The number of likely N-dealkylation sites (tertiary alicyclic amines) is 2. The average molecular weight is 382 g/mol. The summed E-state index contributed by atoms with van der Waals surface area (Å²) in [5.74, 6) is 0.615. The van der Waals surface area contributed by atoms with Crippen molar-refractivity contribution < 1.29 is 19.1 Å². The minimum Gasteiger partial charge on any atom is -0.469 e. The topological polar surface area (TPSA) is 79.0 Å². The molecule has 0 radical (unpaired) electrons. The molecule has 0 saturated carbocycles. The second kappa shape index (κ2) is 9.95. The molecular weight excluding hydrogens is 346 g/mol. The molecule has 0 aliphatic carbocycles. The van der Waals surface area contributed by atoms with Crippen molar-refractivity contribution in [1.29, 1.82) is 0 Å². The molecule has 2 saturated heterocycles. The highest BCUT2D eigenvalue weighted by Crippen LogP contribution is 2.30. The highest BCUT2D eigenvalue weighted by molar-refractivity contribution is 5.78. The van der Waals surface area contributed by atoms with Crippen LogP contribution in [0.2, 0.25) is 0 Å². The first-order valence-electron chi connectivity index (χ1n) is 10.3. The van der Waals surface area contributed by atoms with Crippen molar-refractivity contribution in [3.05, 3.63) is 0 Å². The SMILES string of the molecule is CC[C@H]1CN(C(=O)NC(C)C)CC[C@H]1CC(=O)N1CCC(C(=O)OC)CC1. The summed E-state index contributed by atoms with van der Waals surface area (Å²) in [7, 11) is 1.42. The predicted molar refractivity (Wildman–Crippen MR) is 103 cm³/mol. The van der Waals surface area contributed by atoms with E-state index in [2.05, 4.69) is 12.2 Å². The van der Waals surface area contributed by atoms with Gasteiger partial charge < -0.3 is 19.9 Å². The fraction of sp³-hybridized carbons (Fsp3) is 0.850. The van der Waals surface area contributed by atoms with Crippen LogP contribution in [0.4, 0.5) is 4.79 Å². The molecule has 0 unspecified atom stereocenters. The average Bonchev–Trinajstić information content (AvgIpc) is 2.67. The summed E-state index contributed by atoms with van der Waals surface area (Å²) in [6.45, 7) is 8.74. The molecule has 2 heterocycles. The first kappa shape index (κ1) is 21.5. The lowest BCUT2D eigenvalue weighted by atomic mass is 9.81. The molecule has 7 heteroatoms. The first-order chi connectivity index (χ1) is 12.8. The number of piperidine rings is 2. The lowest BCUT2D eigenvalue weighted by Crippen LogP contribution is -2.50. The first-order valence-corrected chi connectivity index (χ1v) is 10.3. The molecule has 0 aromatic heterocycles. The van der Waals surface area contributed by atoms with Gasteiger partial charge in [-0.05, 0) is 44.9 Å². The summed E-state index contributed by atoms with van der Waals surface area (Å²) < 4.78 is 4.81.